The van der Waals surface area contributed by atoms with Crippen LogP contribution in [0.15, 0.2) is 48.8 Å². The van der Waals surface area contributed by atoms with Gasteiger partial charge in [-0.25, -0.2) is 4.68 Å². The Hall–Kier alpha value is -2.74. The standard InChI is InChI=1S/C26H30ClN5O2/c1-18-24(17-29-32(18)23-9-4-20(27)5-10-23)26(33)30-21-6-11-25(28-16-21)19-2-7-22(8-3-19)31-12-14-34-15-13-31/h4-6,9-11,16-17,19,22H,2-3,7-8,12-15H2,1H3,(H,30,33)/t19-,22-. The Morgan fingerprint density at radius 3 is 2.44 bits per heavy atom. The Morgan fingerprint density at radius 1 is 1.03 bits per heavy atom. The quantitative estimate of drug-likeness (QED) is 0.567. The molecule has 1 saturated heterocycles. The molecule has 7 nitrogen and oxygen atoms in total. The number of aromatic nitrogens is 3. The summed E-state index contributed by atoms with van der Waals surface area (Å²) >= 11 is 5.98. The molecule has 0 atom stereocenters. The summed E-state index contributed by atoms with van der Waals surface area (Å²) in [7, 11) is 0. The van der Waals surface area contributed by atoms with Gasteiger partial charge in [0.1, 0.15) is 0 Å². The Balaban J connectivity index is 1.19. The van der Waals surface area contributed by atoms with Crippen LogP contribution in [0.1, 0.15) is 53.3 Å². The molecule has 8 heteroatoms. The largest absolute Gasteiger partial charge is 0.379 e. The first-order valence-electron chi connectivity index (χ1n) is 12.0. The van der Waals surface area contributed by atoms with Crippen molar-refractivity contribution < 1.29 is 9.53 Å². The molecular weight excluding hydrogens is 450 g/mol. The number of morpholine rings is 1. The van der Waals surface area contributed by atoms with Gasteiger partial charge in [0.05, 0.1) is 48.2 Å². The summed E-state index contributed by atoms with van der Waals surface area (Å²) in [5.74, 6) is 0.292. The molecule has 2 fully saturated rings. The van der Waals surface area contributed by atoms with Crippen LogP contribution in [-0.4, -0.2) is 57.9 Å². The lowest BCUT2D eigenvalue weighted by molar-refractivity contribution is 0.00721. The van der Waals surface area contributed by atoms with Crippen molar-refractivity contribution in [2.45, 2.75) is 44.6 Å². The summed E-state index contributed by atoms with van der Waals surface area (Å²) in [6.07, 6.45) is 8.09. The summed E-state index contributed by atoms with van der Waals surface area (Å²) in [4.78, 5) is 20.2. The Kier molecular flexibility index (Phi) is 6.94. The molecule has 0 radical (unpaired) electrons. The van der Waals surface area contributed by atoms with Crippen molar-refractivity contribution in [3.8, 4) is 5.69 Å². The molecule has 2 aromatic heterocycles. The van der Waals surface area contributed by atoms with E-state index < -0.39 is 0 Å². The molecule has 1 saturated carbocycles. The van der Waals surface area contributed by atoms with Crippen LogP contribution in [0.3, 0.4) is 0 Å². The number of nitrogens with zero attached hydrogens (tertiary/aromatic N) is 4. The average molecular weight is 480 g/mol. The monoisotopic (exact) mass is 479 g/mol. The Bertz CT molecular complexity index is 1120. The molecule has 5 rings (SSSR count). The van der Waals surface area contributed by atoms with Gasteiger partial charge >= 0.3 is 0 Å². The van der Waals surface area contributed by atoms with Crippen LogP contribution in [0, 0.1) is 6.92 Å². The molecule has 1 aliphatic heterocycles. The fourth-order valence-electron chi connectivity index (χ4n) is 5.07. The van der Waals surface area contributed by atoms with Gasteiger partial charge in [0.2, 0.25) is 0 Å². The highest BCUT2D eigenvalue weighted by Crippen LogP contribution is 2.34. The minimum Gasteiger partial charge on any atom is -0.379 e. The molecule has 3 heterocycles. The maximum Gasteiger partial charge on any atom is 0.259 e. The first kappa shape index (κ1) is 23.0. The highest BCUT2D eigenvalue weighted by molar-refractivity contribution is 6.30. The van der Waals surface area contributed by atoms with Crippen molar-refractivity contribution in [3.05, 3.63) is 70.8 Å². The van der Waals surface area contributed by atoms with Crippen LogP contribution < -0.4 is 5.32 Å². The average Bonchev–Trinajstić information content (AvgIpc) is 3.27. The highest BCUT2D eigenvalue weighted by atomic mass is 35.5. The molecule has 1 amide bonds. The fraction of sp³-hybridized carbons (Fsp3) is 0.423. The summed E-state index contributed by atoms with van der Waals surface area (Å²) in [6.45, 7) is 5.71. The topological polar surface area (TPSA) is 72.3 Å². The third kappa shape index (κ3) is 5.02. The van der Waals surface area contributed by atoms with Gasteiger partial charge in [-0.05, 0) is 69.0 Å². The molecule has 178 valence electrons. The number of hydrogen-bond donors (Lipinski definition) is 1. The van der Waals surface area contributed by atoms with Gasteiger partial charge in [-0.15, -0.1) is 0 Å². The van der Waals surface area contributed by atoms with Crippen LogP contribution >= 0.6 is 11.6 Å². The number of nitrogens with one attached hydrogen (secondary N) is 1. The van der Waals surface area contributed by atoms with E-state index in [-0.39, 0.29) is 5.91 Å². The summed E-state index contributed by atoms with van der Waals surface area (Å²) in [5, 5.41) is 8.00. The van der Waals surface area contributed by atoms with E-state index in [1.165, 1.54) is 12.8 Å². The molecule has 1 aromatic carbocycles. The van der Waals surface area contributed by atoms with Crippen molar-refractivity contribution in [2.24, 2.45) is 0 Å². The maximum atomic E-state index is 12.9. The number of carbonyl (C=O) groups is 1. The van der Waals surface area contributed by atoms with E-state index in [1.807, 2.05) is 25.1 Å². The number of anilines is 1. The van der Waals surface area contributed by atoms with Gasteiger partial charge in [0.15, 0.2) is 0 Å². The molecule has 1 aliphatic carbocycles. The molecule has 1 N–H and O–H groups in total. The Labute approximate surface area is 205 Å². The number of pyridine rings is 1. The van der Waals surface area contributed by atoms with E-state index >= 15 is 0 Å². The molecule has 34 heavy (non-hydrogen) atoms. The van der Waals surface area contributed by atoms with Crippen molar-refractivity contribution in [1.29, 1.82) is 0 Å². The molecule has 0 spiro atoms. The van der Waals surface area contributed by atoms with E-state index in [1.54, 1.807) is 29.2 Å². The van der Waals surface area contributed by atoms with Crippen molar-refractivity contribution in [2.75, 3.05) is 31.6 Å². The predicted octanol–water partition coefficient (Wildman–Crippen LogP) is 4.84. The van der Waals surface area contributed by atoms with Crippen molar-refractivity contribution in [3.63, 3.8) is 0 Å². The molecule has 0 unspecified atom stereocenters. The fourth-order valence-corrected chi connectivity index (χ4v) is 5.20. The predicted molar refractivity (Wildman–Crippen MR) is 133 cm³/mol. The number of amides is 1. The first-order valence-corrected chi connectivity index (χ1v) is 12.4. The third-order valence-electron chi connectivity index (χ3n) is 7.05. The lowest BCUT2D eigenvalue weighted by Gasteiger charge is -2.38. The van der Waals surface area contributed by atoms with Crippen LogP contribution in [0.25, 0.3) is 5.69 Å². The van der Waals surface area contributed by atoms with Crippen LogP contribution in [0.4, 0.5) is 5.69 Å². The summed E-state index contributed by atoms with van der Waals surface area (Å²) < 4.78 is 7.22. The number of ether oxygens (including phenoxy) is 1. The zero-order valence-electron chi connectivity index (χ0n) is 19.4. The highest BCUT2D eigenvalue weighted by Gasteiger charge is 2.28. The van der Waals surface area contributed by atoms with Gasteiger partial charge < -0.3 is 10.1 Å². The van der Waals surface area contributed by atoms with Gasteiger partial charge in [0.25, 0.3) is 5.91 Å². The van der Waals surface area contributed by atoms with Crippen molar-refractivity contribution in [1.82, 2.24) is 19.7 Å². The molecule has 3 aromatic rings. The lowest BCUT2D eigenvalue weighted by Crippen LogP contribution is -2.44. The minimum atomic E-state index is -0.196. The zero-order valence-corrected chi connectivity index (χ0v) is 20.2. The van der Waals surface area contributed by atoms with Crippen LogP contribution in [-0.2, 0) is 4.74 Å². The van der Waals surface area contributed by atoms with Crippen molar-refractivity contribution >= 4 is 23.2 Å². The smallest absolute Gasteiger partial charge is 0.259 e. The first-order chi connectivity index (χ1) is 16.6. The van der Waals surface area contributed by atoms with E-state index in [0.29, 0.717) is 28.2 Å². The Morgan fingerprint density at radius 2 is 1.76 bits per heavy atom. The number of hydrogen-bond acceptors (Lipinski definition) is 5. The third-order valence-corrected chi connectivity index (χ3v) is 7.30. The summed E-state index contributed by atoms with van der Waals surface area (Å²) in [5.41, 5.74) is 3.96. The van der Waals surface area contributed by atoms with Gasteiger partial charge in [-0.3, -0.25) is 14.7 Å². The SMILES string of the molecule is Cc1c(C(=O)Nc2ccc([C@H]3CC[C@H](N4CCOCC4)CC3)nc2)cnn1-c1ccc(Cl)cc1. The number of rotatable bonds is 5. The van der Waals surface area contributed by atoms with E-state index in [9.17, 15) is 4.79 Å². The molecule has 2 aliphatic rings. The van der Waals surface area contributed by atoms with Gasteiger partial charge in [-0.1, -0.05) is 11.6 Å². The molecular formula is C26H30ClN5O2. The van der Waals surface area contributed by atoms with E-state index in [0.717, 1.165) is 56.2 Å². The van der Waals surface area contributed by atoms with E-state index in [2.05, 4.69) is 26.4 Å². The maximum absolute atomic E-state index is 12.9. The number of halogens is 1. The second-order valence-corrected chi connectivity index (χ2v) is 9.55. The van der Waals surface area contributed by atoms with Crippen LogP contribution in [0.2, 0.25) is 5.02 Å². The van der Waals surface area contributed by atoms with E-state index in [4.69, 9.17) is 16.3 Å². The minimum absolute atomic E-state index is 0.196. The van der Waals surface area contributed by atoms with Crippen LogP contribution in [0.5, 0.6) is 0 Å². The zero-order chi connectivity index (χ0) is 23.5. The lowest BCUT2D eigenvalue weighted by atomic mass is 9.83. The molecule has 0 bridgehead atoms. The van der Waals surface area contributed by atoms with Gasteiger partial charge in [0, 0.05) is 35.8 Å². The second-order valence-electron chi connectivity index (χ2n) is 9.11. The summed E-state index contributed by atoms with van der Waals surface area (Å²) in [6, 6.07) is 12.0. The second kappa shape index (κ2) is 10.3. The number of carbonyl (C=O) groups excluding carboxylic acids is 1. The number of benzene rings is 1. The normalized spacial score (nSPS) is 21.4. The van der Waals surface area contributed by atoms with Gasteiger partial charge in [-0.2, -0.15) is 5.10 Å².